The number of halogens is 1. The first-order chi connectivity index (χ1) is 19.9. The summed E-state index contributed by atoms with van der Waals surface area (Å²) in [5.74, 6) is 5.26. The van der Waals surface area contributed by atoms with Crippen molar-refractivity contribution in [2.75, 3.05) is 33.9 Å². The minimum atomic E-state index is -4.23. The van der Waals surface area contributed by atoms with Crippen LogP contribution in [0, 0.1) is 23.6 Å². The maximum Gasteiger partial charge on any atom is 0.247 e. The molecule has 1 aliphatic rings. The highest BCUT2D eigenvalue weighted by atomic mass is 32.2. The van der Waals surface area contributed by atoms with Crippen LogP contribution in [0.15, 0.2) is 76.5 Å². The summed E-state index contributed by atoms with van der Waals surface area (Å²) in [6, 6.07) is 15.9. The van der Waals surface area contributed by atoms with Crippen LogP contribution >= 0.6 is 0 Å². The SMILES string of the molecule is COc1cccc(C#Cc2ccc3c(c2)O[C@@H](CN(C)S(=O)(=O)c2ccccc2F)[C@H](C)CN([C@H](C)CO)S3(=O)=O)c1. The van der Waals surface area contributed by atoms with E-state index < -0.39 is 55.4 Å². The van der Waals surface area contributed by atoms with Crippen molar-refractivity contribution in [2.24, 2.45) is 5.92 Å². The number of nitrogens with zero attached hydrogens (tertiary/aromatic N) is 2. The topological polar surface area (TPSA) is 113 Å². The summed E-state index contributed by atoms with van der Waals surface area (Å²) in [5.41, 5.74) is 1.15. The fraction of sp³-hybridized carbons (Fsp3) is 0.333. The first-order valence-electron chi connectivity index (χ1n) is 13.2. The molecular formula is C30H33FN2O7S2. The molecule has 3 aromatic rings. The van der Waals surface area contributed by atoms with Crippen molar-refractivity contribution in [3.05, 3.63) is 83.7 Å². The molecule has 1 N–H and O–H groups in total. The lowest BCUT2D eigenvalue weighted by Gasteiger charge is -2.37. The van der Waals surface area contributed by atoms with E-state index in [-0.39, 0.29) is 23.7 Å². The number of aliphatic hydroxyl groups excluding tert-OH is 1. The van der Waals surface area contributed by atoms with Gasteiger partial charge in [0.2, 0.25) is 20.0 Å². The molecule has 0 aromatic heterocycles. The van der Waals surface area contributed by atoms with E-state index in [0.29, 0.717) is 16.9 Å². The molecule has 0 saturated heterocycles. The molecule has 3 aromatic carbocycles. The number of sulfonamides is 2. The Morgan fingerprint density at radius 1 is 1.12 bits per heavy atom. The number of likely N-dealkylation sites (N-methyl/N-ethyl adjacent to an activating group) is 1. The first-order valence-corrected chi connectivity index (χ1v) is 16.1. The van der Waals surface area contributed by atoms with Gasteiger partial charge in [0.05, 0.1) is 20.3 Å². The fourth-order valence-electron chi connectivity index (χ4n) is 4.54. The Hall–Kier alpha value is -3.47. The van der Waals surface area contributed by atoms with Gasteiger partial charge in [-0.2, -0.15) is 8.61 Å². The number of aliphatic hydroxyl groups is 1. The molecule has 42 heavy (non-hydrogen) atoms. The molecule has 0 radical (unpaired) electrons. The molecule has 0 fully saturated rings. The maximum absolute atomic E-state index is 14.4. The third-order valence-electron chi connectivity index (χ3n) is 7.05. The van der Waals surface area contributed by atoms with Crippen LogP contribution in [0.3, 0.4) is 0 Å². The van der Waals surface area contributed by atoms with E-state index in [2.05, 4.69) is 11.8 Å². The van der Waals surface area contributed by atoms with Crippen LogP contribution in [-0.2, 0) is 20.0 Å². The molecule has 1 heterocycles. The van der Waals surface area contributed by atoms with Crippen molar-refractivity contribution < 1.29 is 35.8 Å². The molecule has 224 valence electrons. The first kappa shape index (κ1) is 31.5. The maximum atomic E-state index is 14.4. The van der Waals surface area contributed by atoms with Gasteiger partial charge in [-0.1, -0.05) is 37.0 Å². The number of ether oxygens (including phenoxy) is 2. The zero-order valence-electron chi connectivity index (χ0n) is 23.7. The number of fused-ring (bicyclic) bond motifs is 1. The van der Waals surface area contributed by atoms with Gasteiger partial charge >= 0.3 is 0 Å². The highest BCUT2D eigenvalue weighted by molar-refractivity contribution is 7.89. The van der Waals surface area contributed by atoms with Gasteiger partial charge in [-0.15, -0.1) is 0 Å². The molecule has 0 saturated carbocycles. The summed E-state index contributed by atoms with van der Waals surface area (Å²) in [4.78, 5) is -0.606. The standard InChI is InChI=1S/C30H33FN2O7S2/c1-21-18-33(22(2)20-34)42(37,38)30-15-14-24(13-12-23-8-7-9-25(16-23)39-4)17-27(30)40-28(21)19-32(3)41(35,36)29-11-6-5-10-26(29)31/h5-11,14-17,21-22,28,34H,18-20H2,1-4H3/t21-,22-,28+/m1/s1. The van der Waals surface area contributed by atoms with Crippen molar-refractivity contribution in [3.8, 4) is 23.3 Å². The second kappa shape index (κ2) is 12.8. The molecule has 0 unspecified atom stereocenters. The lowest BCUT2D eigenvalue weighted by molar-refractivity contribution is 0.0904. The predicted octanol–water partition coefficient (Wildman–Crippen LogP) is 3.32. The normalized spacial score (nSPS) is 19.4. The van der Waals surface area contributed by atoms with Crippen LogP contribution in [0.4, 0.5) is 4.39 Å². The average molecular weight is 617 g/mol. The quantitative estimate of drug-likeness (QED) is 0.405. The third kappa shape index (κ3) is 6.61. The van der Waals surface area contributed by atoms with Gasteiger partial charge in [0, 0.05) is 36.7 Å². The number of hydrogen-bond acceptors (Lipinski definition) is 7. The van der Waals surface area contributed by atoms with Gasteiger partial charge in [0.15, 0.2) is 0 Å². The molecule has 0 amide bonds. The Bertz CT molecular complexity index is 1720. The van der Waals surface area contributed by atoms with Crippen molar-refractivity contribution in [1.29, 1.82) is 0 Å². The fourth-order valence-corrected chi connectivity index (χ4v) is 7.61. The molecule has 0 bridgehead atoms. The average Bonchev–Trinajstić information content (AvgIpc) is 2.97. The van der Waals surface area contributed by atoms with Crippen molar-refractivity contribution in [3.63, 3.8) is 0 Å². The molecule has 1 aliphatic heterocycles. The van der Waals surface area contributed by atoms with E-state index in [4.69, 9.17) is 9.47 Å². The number of benzene rings is 3. The van der Waals surface area contributed by atoms with E-state index >= 15 is 0 Å². The number of rotatable bonds is 7. The summed E-state index contributed by atoms with van der Waals surface area (Å²) in [7, 11) is -5.46. The Balaban J connectivity index is 1.75. The van der Waals surface area contributed by atoms with E-state index in [9.17, 15) is 26.3 Å². The zero-order chi connectivity index (χ0) is 30.7. The van der Waals surface area contributed by atoms with Crippen LogP contribution in [-0.4, -0.2) is 76.6 Å². The van der Waals surface area contributed by atoms with Gasteiger partial charge in [-0.25, -0.2) is 21.2 Å². The van der Waals surface area contributed by atoms with Crippen LogP contribution in [0.1, 0.15) is 25.0 Å². The minimum absolute atomic E-state index is 0.00387. The summed E-state index contributed by atoms with van der Waals surface area (Å²) < 4.78 is 82.0. The molecular weight excluding hydrogens is 583 g/mol. The van der Waals surface area contributed by atoms with Crippen LogP contribution in [0.5, 0.6) is 11.5 Å². The highest BCUT2D eigenvalue weighted by Gasteiger charge is 2.39. The third-order valence-corrected chi connectivity index (χ3v) is 10.9. The summed E-state index contributed by atoms with van der Waals surface area (Å²) in [5, 5.41) is 9.86. The molecule has 0 spiro atoms. The molecule has 3 atom stereocenters. The lowest BCUT2D eigenvalue weighted by Crippen LogP contribution is -2.50. The van der Waals surface area contributed by atoms with Gasteiger partial charge in [-0.05, 0) is 55.5 Å². The monoisotopic (exact) mass is 616 g/mol. The van der Waals surface area contributed by atoms with Crippen molar-refractivity contribution >= 4 is 20.0 Å². The summed E-state index contributed by atoms with van der Waals surface area (Å²) in [6.07, 6.45) is -0.833. The van der Waals surface area contributed by atoms with E-state index in [1.807, 2.05) is 6.07 Å². The van der Waals surface area contributed by atoms with Crippen LogP contribution in [0.25, 0.3) is 0 Å². The van der Waals surface area contributed by atoms with Gasteiger partial charge in [0.25, 0.3) is 0 Å². The van der Waals surface area contributed by atoms with E-state index in [1.165, 1.54) is 41.7 Å². The highest BCUT2D eigenvalue weighted by Crippen LogP contribution is 2.34. The van der Waals surface area contributed by atoms with Crippen molar-refractivity contribution in [1.82, 2.24) is 8.61 Å². The van der Waals surface area contributed by atoms with E-state index in [1.54, 1.807) is 45.2 Å². The van der Waals surface area contributed by atoms with Gasteiger partial charge < -0.3 is 14.6 Å². The van der Waals surface area contributed by atoms with Gasteiger partial charge in [0.1, 0.15) is 33.2 Å². The number of hydrogen-bond donors (Lipinski definition) is 1. The second-order valence-electron chi connectivity index (χ2n) is 10.1. The van der Waals surface area contributed by atoms with Gasteiger partial charge in [-0.3, -0.25) is 0 Å². The summed E-state index contributed by atoms with van der Waals surface area (Å²) in [6.45, 7) is 2.67. The Morgan fingerprint density at radius 2 is 1.81 bits per heavy atom. The Labute approximate surface area is 246 Å². The lowest BCUT2D eigenvalue weighted by atomic mass is 10.0. The minimum Gasteiger partial charge on any atom is -0.497 e. The Morgan fingerprint density at radius 3 is 2.48 bits per heavy atom. The van der Waals surface area contributed by atoms with E-state index in [0.717, 1.165) is 10.4 Å². The van der Waals surface area contributed by atoms with Crippen LogP contribution < -0.4 is 9.47 Å². The predicted molar refractivity (Wildman–Crippen MR) is 156 cm³/mol. The largest absolute Gasteiger partial charge is 0.497 e. The molecule has 12 heteroatoms. The zero-order valence-corrected chi connectivity index (χ0v) is 25.3. The summed E-state index contributed by atoms with van der Waals surface area (Å²) >= 11 is 0. The number of methoxy groups -OCH3 is 1. The van der Waals surface area contributed by atoms with Crippen LogP contribution in [0.2, 0.25) is 0 Å². The molecule has 4 rings (SSSR count). The Kier molecular flexibility index (Phi) is 9.60. The molecule has 9 nitrogen and oxygen atoms in total. The smallest absolute Gasteiger partial charge is 0.247 e. The van der Waals surface area contributed by atoms with Crippen molar-refractivity contribution in [2.45, 2.75) is 35.8 Å². The second-order valence-corrected chi connectivity index (χ2v) is 14.0. The molecule has 0 aliphatic carbocycles.